The number of carbonyl (C=O) groups is 1. The molecule has 5 aromatic rings. The predicted octanol–water partition coefficient (Wildman–Crippen LogP) is 6.85. The van der Waals surface area contributed by atoms with E-state index >= 15 is 0 Å². The van der Waals surface area contributed by atoms with Gasteiger partial charge in [-0.3, -0.25) is 4.79 Å². The van der Waals surface area contributed by atoms with Crippen molar-refractivity contribution >= 4 is 17.5 Å². The van der Waals surface area contributed by atoms with Crippen molar-refractivity contribution in [3.8, 4) is 16.9 Å². The monoisotopic (exact) mass is 481 g/mol. The SMILES string of the molecule is O=C(NC(c1ccccc1)c1ccccc1)c1cc(-c2ccccc2Cl)nn1-c1ccc(F)cc1. The van der Waals surface area contributed by atoms with Gasteiger partial charge in [-0.25, -0.2) is 9.07 Å². The zero-order valence-corrected chi connectivity index (χ0v) is 19.4. The van der Waals surface area contributed by atoms with Gasteiger partial charge in [0.25, 0.3) is 5.91 Å². The third kappa shape index (κ3) is 4.86. The molecule has 1 aromatic heterocycles. The van der Waals surface area contributed by atoms with Gasteiger partial charge in [0.2, 0.25) is 0 Å². The largest absolute Gasteiger partial charge is 0.340 e. The first-order chi connectivity index (χ1) is 17.1. The van der Waals surface area contributed by atoms with Gasteiger partial charge in [0.15, 0.2) is 0 Å². The zero-order valence-electron chi connectivity index (χ0n) is 18.6. The number of amides is 1. The maximum atomic E-state index is 13.7. The number of nitrogens with one attached hydrogen (secondary N) is 1. The van der Waals surface area contributed by atoms with E-state index in [4.69, 9.17) is 11.6 Å². The van der Waals surface area contributed by atoms with Crippen LogP contribution in [0.5, 0.6) is 0 Å². The van der Waals surface area contributed by atoms with Crippen molar-refractivity contribution in [1.29, 1.82) is 0 Å². The summed E-state index contributed by atoms with van der Waals surface area (Å²) in [7, 11) is 0. The average molecular weight is 482 g/mol. The number of nitrogens with zero attached hydrogens (tertiary/aromatic N) is 2. The Hall–Kier alpha value is -4.22. The lowest BCUT2D eigenvalue weighted by molar-refractivity contribution is 0.0935. The van der Waals surface area contributed by atoms with Gasteiger partial charge in [-0.1, -0.05) is 90.5 Å². The summed E-state index contributed by atoms with van der Waals surface area (Å²) in [6, 6.07) is 34.0. The van der Waals surface area contributed by atoms with Crippen molar-refractivity contribution in [2.45, 2.75) is 6.04 Å². The fraction of sp³-hybridized carbons (Fsp3) is 0.0345. The van der Waals surface area contributed by atoms with Gasteiger partial charge in [0.1, 0.15) is 11.5 Å². The van der Waals surface area contributed by atoms with E-state index in [1.54, 1.807) is 24.3 Å². The van der Waals surface area contributed by atoms with Crippen LogP contribution in [0, 0.1) is 5.82 Å². The summed E-state index contributed by atoms with van der Waals surface area (Å²) in [6.07, 6.45) is 0. The molecule has 5 rings (SSSR count). The Morgan fingerprint density at radius 3 is 1.97 bits per heavy atom. The summed E-state index contributed by atoms with van der Waals surface area (Å²) in [4.78, 5) is 13.7. The van der Waals surface area contributed by atoms with Crippen LogP contribution in [0.15, 0.2) is 115 Å². The van der Waals surface area contributed by atoms with Gasteiger partial charge in [0.05, 0.1) is 22.4 Å². The van der Waals surface area contributed by atoms with E-state index in [9.17, 15) is 9.18 Å². The summed E-state index contributed by atoms with van der Waals surface area (Å²) >= 11 is 6.41. The molecule has 1 heterocycles. The molecule has 0 spiro atoms. The van der Waals surface area contributed by atoms with Crippen molar-refractivity contribution in [2.24, 2.45) is 0 Å². The van der Waals surface area contributed by atoms with Crippen LogP contribution in [0.2, 0.25) is 5.02 Å². The van der Waals surface area contributed by atoms with E-state index < -0.39 is 0 Å². The Morgan fingerprint density at radius 1 is 0.800 bits per heavy atom. The number of hydrogen-bond donors (Lipinski definition) is 1. The summed E-state index contributed by atoms with van der Waals surface area (Å²) in [5, 5.41) is 8.35. The molecular formula is C29H21ClFN3O. The van der Waals surface area contributed by atoms with Crippen LogP contribution in [0.25, 0.3) is 16.9 Å². The molecule has 0 radical (unpaired) electrons. The van der Waals surface area contributed by atoms with Crippen LogP contribution in [0.1, 0.15) is 27.7 Å². The predicted molar refractivity (Wildman–Crippen MR) is 136 cm³/mol. The van der Waals surface area contributed by atoms with Crippen LogP contribution in [0.4, 0.5) is 4.39 Å². The number of rotatable bonds is 6. The van der Waals surface area contributed by atoms with Crippen molar-refractivity contribution in [3.05, 3.63) is 143 Å². The minimum atomic E-state index is -0.370. The molecular weight excluding hydrogens is 461 g/mol. The quantitative estimate of drug-likeness (QED) is 0.288. The summed E-state index contributed by atoms with van der Waals surface area (Å²) in [5.74, 6) is -0.690. The van der Waals surface area contributed by atoms with Gasteiger partial charge >= 0.3 is 0 Å². The highest BCUT2D eigenvalue weighted by molar-refractivity contribution is 6.33. The Labute approximate surface area is 207 Å². The van der Waals surface area contributed by atoms with Gasteiger partial charge < -0.3 is 5.32 Å². The first-order valence-corrected chi connectivity index (χ1v) is 11.5. The van der Waals surface area contributed by atoms with Gasteiger partial charge in [-0.2, -0.15) is 5.10 Å². The number of halogens is 2. The summed E-state index contributed by atoms with van der Waals surface area (Å²) < 4.78 is 15.1. The summed E-state index contributed by atoms with van der Waals surface area (Å²) in [6.45, 7) is 0. The maximum absolute atomic E-state index is 13.7. The Morgan fingerprint density at radius 2 is 1.37 bits per heavy atom. The average Bonchev–Trinajstić information content (AvgIpc) is 3.34. The first kappa shape index (κ1) is 22.6. The van der Waals surface area contributed by atoms with Gasteiger partial charge in [-0.15, -0.1) is 0 Å². The molecule has 0 aliphatic rings. The Kier molecular flexibility index (Phi) is 6.42. The molecule has 0 atom stereocenters. The maximum Gasteiger partial charge on any atom is 0.270 e. The van der Waals surface area contributed by atoms with Gasteiger partial charge in [-0.05, 0) is 47.5 Å². The number of carbonyl (C=O) groups excluding carboxylic acids is 1. The standard InChI is InChI=1S/C29H21ClFN3O/c30-25-14-8-7-13-24(25)26-19-27(34(33-26)23-17-15-22(31)16-18-23)29(35)32-28(20-9-3-1-4-10-20)21-11-5-2-6-12-21/h1-19,28H,(H,32,35). The first-order valence-electron chi connectivity index (χ1n) is 11.1. The van der Waals surface area contributed by atoms with Crippen molar-refractivity contribution in [1.82, 2.24) is 15.1 Å². The van der Waals surface area contributed by atoms with Crippen LogP contribution in [0.3, 0.4) is 0 Å². The zero-order chi connectivity index (χ0) is 24.2. The third-order valence-electron chi connectivity index (χ3n) is 5.70. The molecule has 0 bridgehead atoms. The molecule has 4 aromatic carbocycles. The van der Waals surface area contributed by atoms with Gasteiger partial charge in [0, 0.05) is 5.56 Å². The lowest BCUT2D eigenvalue weighted by Crippen LogP contribution is -2.31. The Balaban J connectivity index is 1.58. The second-order valence-corrected chi connectivity index (χ2v) is 8.42. The second kappa shape index (κ2) is 9.95. The Bertz CT molecular complexity index is 1410. The van der Waals surface area contributed by atoms with E-state index in [1.165, 1.54) is 16.8 Å². The second-order valence-electron chi connectivity index (χ2n) is 8.01. The number of aromatic nitrogens is 2. The minimum Gasteiger partial charge on any atom is -0.340 e. The van der Waals surface area contributed by atoms with E-state index in [-0.39, 0.29) is 17.8 Å². The lowest BCUT2D eigenvalue weighted by atomic mass is 9.98. The van der Waals surface area contributed by atoms with E-state index in [0.717, 1.165) is 11.1 Å². The molecule has 0 saturated heterocycles. The fourth-order valence-corrected chi connectivity index (χ4v) is 4.21. The van der Waals surface area contributed by atoms with E-state index in [1.807, 2.05) is 78.9 Å². The topological polar surface area (TPSA) is 46.9 Å². The smallest absolute Gasteiger partial charge is 0.270 e. The molecule has 0 aliphatic heterocycles. The van der Waals surface area contributed by atoms with Crippen LogP contribution >= 0.6 is 11.6 Å². The molecule has 4 nitrogen and oxygen atoms in total. The molecule has 6 heteroatoms. The highest BCUT2D eigenvalue weighted by atomic mass is 35.5. The molecule has 1 N–H and O–H groups in total. The molecule has 0 saturated carbocycles. The van der Waals surface area contributed by atoms with Crippen LogP contribution in [-0.2, 0) is 0 Å². The van der Waals surface area contributed by atoms with E-state index in [2.05, 4.69) is 10.4 Å². The normalized spacial score (nSPS) is 10.9. The minimum absolute atomic E-state index is 0.309. The molecule has 0 unspecified atom stereocenters. The van der Waals surface area contributed by atoms with Crippen LogP contribution < -0.4 is 5.32 Å². The molecule has 1 amide bonds. The number of hydrogen-bond acceptors (Lipinski definition) is 2. The molecule has 172 valence electrons. The molecule has 35 heavy (non-hydrogen) atoms. The highest BCUT2D eigenvalue weighted by Crippen LogP contribution is 2.29. The van der Waals surface area contributed by atoms with E-state index in [0.29, 0.717) is 27.7 Å². The van der Waals surface area contributed by atoms with Crippen molar-refractivity contribution < 1.29 is 9.18 Å². The molecule has 0 fully saturated rings. The molecule has 0 aliphatic carbocycles. The van der Waals surface area contributed by atoms with Crippen molar-refractivity contribution in [3.63, 3.8) is 0 Å². The fourth-order valence-electron chi connectivity index (χ4n) is 3.98. The lowest BCUT2D eigenvalue weighted by Gasteiger charge is -2.20. The highest BCUT2D eigenvalue weighted by Gasteiger charge is 2.23. The summed E-state index contributed by atoms with van der Waals surface area (Å²) in [5.41, 5.74) is 4.01. The number of benzene rings is 4. The third-order valence-corrected chi connectivity index (χ3v) is 6.03. The van der Waals surface area contributed by atoms with Crippen molar-refractivity contribution in [2.75, 3.05) is 0 Å². The van der Waals surface area contributed by atoms with Crippen LogP contribution in [-0.4, -0.2) is 15.7 Å².